The van der Waals surface area contributed by atoms with E-state index < -0.39 is 23.8 Å². The van der Waals surface area contributed by atoms with Crippen LogP contribution in [0.1, 0.15) is 54.7 Å². The van der Waals surface area contributed by atoms with Gasteiger partial charge in [0, 0.05) is 29.5 Å². The Morgan fingerprint density at radius 3 is 2.56 bits per heavy atom. The SMILES string of the molecule is CCNC(=O)C1CC(NC(=O)c2nc(-c3ccc(OC)c4nc(C(F)(F)F)ccc34)oc2[C@H](C)N)C1. The van der Waals surface area contributed by atoms with Gasteiger partial charge in [0.15, 0.2) is 11.5 Å². The topological polar surface area (TPSA) is 132 Å². The van der Waals surface area contributed by atoms with E-state index in [-0.39, 0.29) is 46.5 Å². The second-order valence-corrected chi connectivity index (χ2v) is 8.66. The second kappa shape index (κ2) is 9.76. The summed E-state index contributed by atoms with van der Waals surface area (Å²) in [6.07, 6.45) is -3.62. The number of amides is 2. The molecule has 1 atom stereocenters. The molecule has 4 N–H and O–H groups in total. The molecule has 2 heterocycles. The molecule has 4 rings (SSSR count). The molecule has 0 unspecified atom stereocenters. The number of aromatic nitrogens is 2. The first-order valence-electron chi connectivity index (χ1n) is 11.4. The number of nitrogens with two attached hydrogens (primary N) is 1. The number of benzene rings is 1. The molecule has 0 spiro atoms. The first-order valence-corrected chi connectivity index (χ1v) is 11.4. The van der Waals surface area contributed by atoms with Crippen LogP contribution in [0.4, 0.5) is 13.2 Å². The first kappa shape index (κ1) is 25.4. The Morgan fingerprint density at radius 2 is 1.94 bits per heavy atom. The maximum atomic E-state index is 13.2. The number of hydrogen-bond donors (Lipinski definition) is 3. The summed E-state index contributed by atoms with van der Waals surface area (Å²) in [5.41, 5.74) is 5.23. The zero-order valence-corrected chi connectivity index (χ0v) is 19.9. The number of alkyl halides is 3. The van der Waals surface area contributed by atoms with Crippen LogP contribution in [-0.4, -0.2) is 41.5 Å². The van der Waals surface area contributed by atoms with Crippen molar-refractivity contribution in [2.75, 3.05) is 13.7 Å². The monoisotopic (exact) mass is 505 g/mol. The average Bonchev–Trinajstić information content (AvgIpc) is 3.25. The van der Waals surface area contributed by atoms with Crippen LogP contribution in [-0.2, 0) is 11.0 Å². The lowest BCUT2D eigenvalue weighted by Gasteiger charge is -2.34. The Labute approximate surface area is 204 Å². The number of fused-ring (bicyclic) bond motifs is 1. The van der Waals surface area contributed by atoms with Crippen LogP contribution in [0.25, 0.3) is 22.4 Å². The highest BCUT2D eigenvalue weighted by atomic mass is 19.4. The molecule has 1 saturated carbocycles. The predicted molar refractivity (Wildman–Crippen MR) is 124 cm³/mol. The van der Waals surface area contributed by atoms with Crippen molar-refractivity contribution in [1.82, 2.24) is 20.6 Å². The Kier molecular flexibility index (Phi) is 6.90. The molecule has 0 aliphatic heterocycles. The third-order valence-corrected chi connectivity index (χ3v) is 6.04. The van der Waals surface area contributed by atoms with Crippen LogP contribution in [0.3, 0.4) is 0 Å². The molecule has 192 valence electrons. The number of ether oxygens (including phenoxy) is 1. The number of nitrogens with zero attached hydrogens (tertiary/aromatic N) is 2. The summed E-state index contributed by atoms with van der Waals surface area (Å²) in [6, 6.07) is 4.26. The van der Waals surface area contributed by atoms with E-state index in [2.05, 4.69) is 20.6 Å². The summed E-state index contributed by atoms with van der Waals surface area (Å²) in [5.74, 6) is -0.427. The Balaban J connectivity index is 1.66. The van der Waals surface area contributed by atoms with Crippen LogP contribution in [0.15, 0.2) is 28.7 Å². The van der Waals surface area contributed by atoms with E-state index in [0.29, 0.717) is 30.3 Å². The summed E-state index contributed by atoms with van der Waals surface area (Å²) in [7, 11) is 1.33. The van der Waals surface area contributed by atoms with Gasteiger partial charge in [-0.3, -0.25) is 9.59 Å². The number of methoxy groups -OCH3 is 1. The fraction of sp³-hybridized carbons (Fsp3) is 0.417. The number of carbonyl (C=O) groups is 2. The third kappa shape index (κ3) is 4.85. The van der Waals surface area contributed by atoms with Crippen LogP contribution in [0.2, 0.25) is 0 Å². The van der Waals surface area contributed by atoms with Gasteiger partial charge in [0.25, 0.3) is 5.91 Å². The van der Waals surface area contributed by atoms with E-state index in [1.807, 2.05) is 6.92 Å². The Bertz CT molecular complexity index is 1300. The number of hydrogen-bond acceptors (Lipinski definition) is 7. The first-order chi connectivity index (χ1) is 17.0. The van der Waals surface area contributed by atoms with Crippen molar-refractivity contribution in [2.24, 2.45) is 11.7 Å². The van der Waals surface area contributed by atoms with E-state index in [0.717, 1.165) is 6.07 Å². The molecule has 9 nitrogen and oxygen atoms in total. The van der Waals surface area contributed by atoms with Crippen molar-refractivity contribution in [3.8, 4) is 17.2 Å². The molecular formula is C24H26F3N5O4. The van der Waals surface area contributed by atoms with Gasteiger partial charge in [-0.15, -0.1) is 0 Å². The molecule has 1 fully saturated rings. The molecule has 3 aromatic rings. The van der Waals surface area contributed by atoms with E-state index in [1.165, 1.54) is 19.2 Å². The highest BCUT2D eigenvalue weighted by Crippen LogP contribution is 2.37. The van der Waals surface area contributed by atoms with Gasteiger partial charge in [0.2, 0.25) is 11.8 Å². The van der Waals surface area contributed by atoms with Crippen LogP contribution in [0.5, 0.6) is 5.75 Å². The highest BCUT2D eigenvalue weighted by Gasteiger charge is 2.37. The van der Waals surface area contributed by atoms with Gasteiger partial charge in [-0.1, -0.05) is 0 Å². The minimum absolute atomic E-state index is 0.00970. The van der Waals surface area contributed by atoms with Gasteiger partial charge < -0.3 is 25.5 Å². The minimum atomic E-state index is -4.64. The molecule has 0 radical (unpaired) electrons. The molecule has 2 aromatic heterocycles. The van der Waals surface area contributed by atoms with Crippen molar-refractivity contribution in [3.63, 3.8) is 0 Å². The lowest BCUT2D eigenvalue weighted by Crippen LogP contribution is -2.49. The summed E-state index contributed by atoms with van der Waals surface area (Å²) in [5, 5.41) is 5.91. The normalized spacial score (nSPS) is 18.4. The second-order valence-electron chi connectivity index (χ2n) is 8.66. The van der Waals surface area contributed by atoms with E-state index >= 15 is 0 Å². The van der Waals surface area contributed by atoms with E-state index in [4.69, 9.17) is 14.9 Å². The quantitative estimate of drug-likeness (QED) is 0.447. The van der Waals surface area contributed by atoms with Gasteiger partial charge in [-0.25, -0.2) is 9.97 Å². The highest BCUT2D eigenvalue weighted by molar-refractivity contribution is 5.98. The molecular weight excluding hydrogens is 479 g/mol. The zero-order chi connectivity index (χ0) is 26.2. The van der Waals surface area contributed by atoms with E-state index in [9.17, 15) is 22.8 Å². The molecule has 2 amide bonds. The van der Waals surface area contributed by atoms with Gasteiger partial charge >= 0.3 is 6.18 Å². The Hall–Kier alpha value is -3.67. The fourth-order valence-electron chi connectivity index (χ4n) is 4.14. The number of oxazole rings is 1. The summed E-state index contributed by atoms with van der Waals surface area (Å²) < 4.78 is 50.8. The summed E-state index contributed by atoms with van der Waals surface area (Å²) >= 11 is 0. The van der Waals surface area contributed by atoms with Gasteiger partial charge in [-0.05, 0) is 51.0 Å². The smallest absolute Gasteiger partial charge is 0.433 e. The van der Waals surface area contributed by atoms with Gasteiger partial charge in [0.1, 0.15) is 17.0 Å². The fourth-order valence-corrected chi connectivity index (χ4v) is 4.14. The van der Waals surface area contributed by atoms with E-state index in [1.54, 1.807) is 13.0 Å². The molecule has 0 saturated heterocycles. The van der Waals surface area contributed by atoms with Crippen molar-refractivity contribution >= 4 is 22.7 Å². The van der Waals surface area contributed by atoms with Crippen molar-refractivity contribution in [1.29, 1.82) is 0 Å². The van der Waals surface area contributed by atoms with Crippen LogP contribution < -0.4 is 21.1 Å². The van der Waals surface area contributed by atoms with Crippen molar-refractivity contribution < 1.29 is 31.9 Å². The maximum absolute atomic E-state index is 13.2. The number of halogens is 3. The molecule has 0 bridgehead atoms. The molecule has 12 heteroatoms. The number of pyridine rings is 1. The molecule has 36 heavy (non-hydrogen) atoms. The maximum Gasteiger partial charge on any atom is 0.433 e. The van der Waals surface area contributed by atoms with Crippen LogP contribution >= 0.6 is 0 Å². The Morgan fingerprint density at radius 1 is 1.22 bits per heavy atom. The third-order valence-electron chi connectivity index (χ3n) is 6.04. The lowest BCUT2D eigenvalue weighted by atomic mass is 9.79. The molecule has 1 aliphatic carbocycles. The largest absolute Gasteiger partial charge is 0.494 e. The molecule has 1 aliphatic rings. The number of nitrogens with one attached hydrogen (secondary N) is 2. The number of carbonyl (C=O) groups excluding carboxylic acids is 2. The lowest BCUT2D eigenvalue weighted by molar-refractivity contribution is -0.141. The molecule has 1 aromatic carbocycles. The standard InChI is InChI=1S/C24H26F3N5O4/c1-4-29-21(33)12-9-13(10-12)30-22(34)19-20(11(2)28)36-23(32-19)15-5-7-16(35-3)18-14(15)6-8-17(31-18)24(25,26)27/h5-8,11-13H,4,9-10,28H2,1-3H3,(H,29,33)(H,30,34)/t11-,12?,13?/m0/s1. The van der Waals surface area contributed by atoms with Crippen molar-refractivity contribution in [3.05, 3.63) is 41.4 Å². The van der Waals surface area contributed by atoms with Crippen molar-refractivity contribution in [2.45, 2.75) is 44.9 Å². The number of rotatable bonds is 7. The minimum Gasteiger partial charge on any atom is -0.494 e. The summed E-state index contributed by atoms with van der Waals surface area (Å²) in [6.45, 7) is 4.00. The van der Waals surface area contributed by atoms with Gasteiger partial charge in [-0.2, -0.15) is 13.2 Å². The average molecular weight is 505 g/mol. The summed E-state index contributed by atoms with van der Waals surface area (Å²) in [4.78, 5) is 33.0. The zero-order valence-electron chi connectivity index (χ0n) is 19.9. The van der Waals surface area contributed by atoms with Crippen LogP contribution in [0, 0.1) is 5.92 Å². The van der Waals surface area contributed by atoms with Gasteiger partial charge in [0.05, 0.1) is 13.2 Å². The predicted octanol–water partition coefficient (Wildman–Crippen LogP) is 3.58.